The Labute approximate surface area is 117 Å². The Balaban J connectivity index is 2.07. The molecule has 0 bridgehead atoms. The summed E-state index contributed by atoms with van der Waals surface area (Å²) in [7, 11) is 0. The van der Waals surface area contributed by atoms with E-state index in [0.29, 0.717) is 4.88 Å². The summed E-state index contributed by atoms with van der Waals surface area (Å²) < 4.78 is 18.8. The molecule has 0 unspecified atom stereocenters. The van der Waals surface area contributed by atoms with Crippen LogP contribution in [-0.4, -0.2) is 5.91 Å². The molecular formula is C12H10ClFN2O2S. The van der Waals surface area contributed by atoms with Gasteiger partial charge in [0.25, 0.3) is 5.91 Å². The summed E-state index contributed by atoms with van der Waals surface area (Å²) >= 11 is 7.05. The van der Waals surface area contributed by atoms with Gasteiger partial charge in [-0.05, 0) is 24.3 Å². The molecule has 0 aliphatic carbocycles. The van der Waals surface area contributed by atoms with Crippen molar-refractivity contribution >= 4 is 28.8 Å². The van der Waals surface area contributed by atoms with Gasteiger partial charge in [0.05, 0.1) is 9.90 Å². The topological polar surface area (TPSA) is 64.3 Å². The summed E-state index contributed by atoms with van der Waals surface area (Å²) in [5.74, 6) is 4.13. The Morgan fingerprint density at radius 3 is 2.89 bits per heavy atom. The highest BCUT2D eigenvalue weighted by Gasteiger charge is 2.11. The fraction of sp³-hybridized carbons (Fsp3) is 0.0833. The van der Waals surface area contributed by atoms with E-state index in [0.717, 1.165) is 4.88 Å². The molecule has 0 aliphatic heterocycles. The third kappa shape index (κ3) is 3.23. The van der Waals surface area contributed by atoms with E-state index in [-0.39, 0.29) is 23.3 Å². The highest BCUT2D eigenvalue weighted by Crippen LogP contribution is 2.28. The van der Waals surface area contributed by atoms with Gasteiger partial charge < -0.3 is 4.74 Å². The molecule has 19 heavy (non-hydrogen) atoms. The summed E-state index contributed by atoms with van der Waals surface area (Å²) in [6.07, 6.45) is 0. The standard InChI is InChI=1S/C12H10ClFN2O2S/c13-8-2-1-3-9(14)11(8)18-6-7-4-5-10(19-7)12(17)16-15/h1-5H,6,15H2,(H,16,17). The average molecular weight is 301 g/mol. The van der Waals surface area contributed by atoms with E-state index < -0.39 is 5.82 Å². The fourth-order valence-electron chi connectivity index (χ4n) is 1.41. The van der Waals surface area contributed by atoms with Crippen molar-refractivity contribution in [2.24, 2.45) is 5.84 Å². The highest BCUT2D eigenvalue weighted by molar-refractivity contribution is 7.14. The van der Waals surface area contributed by atoms with Crippen LogP contribution in [0.25, 0.3) is 0 Å². The lowest BCUT2D eigenvalue weighted by Crippen LogP contribution is -2.29. The SMILES string of the molecule is NNC(=O)c1ccc(COc2c(F)cccc2Cl)s1. The number of thiophene rings is 1. The predicted molar refractivity (Wildman–Crippen MR) is 71.7 cm³/mol. The quantitative estimate of drug-likeness (QED) is 0.518. The maximum absolute atomic E-state index is 13.5. The van der Waals surface area contributed by atoms with E-state index >= 15 is 0 Å². The Morgan fingerprint density at radius 1 is 1.42 bits per heavy atom. The van der Waals surface area contributed by atoms with Crippen molar-refractivity contribution in [3.63, 3.8) is 0 Å². The van der Waals surface area contributed by atoms with Crippen LogP contribution in [0, 0.1) is 5.82 Å². The zero-order valence-electron chi connectivity index (χ0n) is 9.65. The Hall–Kier alpha value is -1.63. The molecule has 0 saturated carbocycles. The third-order valence-corrected chi connectivity index (χ3v) is 3.65. The molecule has 0 atom stereocenters. The molecule has 7 heteroatoms. The number of amides is 1. The Bertz CT molecular complexity index is 583. The second-order valence-corrected chi connectivity index (χ2v) is 5.15. The first-order chi connectivity index (χ1) is 9.11. The number of ether oxygens (including phenoxy) is 1. The van der Waals surface area contributed by atoms with E-state index in [4.69, 9.17) is 22.2 Å². The van der Waals surface area contributed by atoms with E-state index in [1.54, 1.807) is 18.2 Å². The predicted octanol–water partition coefficient (Wildman–Crippen LogP) is 2.72. The number of halogens is 2. The van der Waals surface area contributed by atoms with Crippen LogP contribution in [0.3, 0.4) is 0 Å². The molecule has 0 radical (unpaired) electrons. The fourth-order valence-corrected chi connectivity index (χ4v) is 2.45. The second kappa shape index (κ2) is 6.01. The molecule has 100 valence electrons. The molecule has 0 fully saturated rings. The number of hydrazine groups is 1. The number of nitrogen functional groups attached to an aromatic ring is 1. The molecule has 1 aromatic heterocycles. The number of hydrogen-bond acceptors (Lipinski definition) is 4. The highest BCUT2D eigenvalue weighted by atomic mass is 35.5. The molecule has 1 heterocycles. The van der Waals surface area contributed by atoms with Crippen molar-refractivity contribution in [3.8, 4) is 5.75 Å². The number of nitrogens with one attached hydrogen (secondary N) is 1. The molecule has 2 rings (SSSR count). The third-order valence-electron chi connectivity index (χ3n) is 2.29. The van der Waals surface area contributed by atoms with Gasteiger partial charge in [-0.25, -0.2) is 10.2 Å². The summed E-state index contributed by atoms with van der Waals surface area (Å²) in [6.45, 7) is 0.128. The minimum absolute atomic E-state index is 0.00222. The van der Waals surface area contributed by atoms with Crippen LogP contribution in [0.1, 0.15) is 14.5 Å². The van der Waals surface area contributed by atoms with Gasteiger partial charge in [0.1, 0.15) is 6.61 Å². The first-order valence-electron chi connectivity index (χ1n) is 5.28. The smallest absolute Gasteiger partial charge is 0.275 e. The number of para-hydroxylation sites is 1. The van der Waals surface area contributed by atoms with Gasteiger partial charge in [0, 0.05) is 4.88 Å². The number of rotatable bonds is 4. The van der Waals surface area contributed by atoms with E-state index in [1.165, 1.54) is 23.5 Å². The molecule has 0 saturated heterocycles. The van der Waals surface area contributed by atoms with Crippen molar-refractivity contribution in [1.82, 2.24) is 5.43 Å². The normalized spacial score (nSPS) is 10.3. The average Bonchev–Trinajstić information content (AvgIpc) is 2.86. The van der Waals surface area contributed by atoms with Crippen molar-refractivity contribution < 1.29 is 13.9 Å². The first kappa shape index (κ1) is 13.8. The Kier molecular flexibility index (Phi) is 4.36. The van der Waals surface area contributed by atoms with Crippen LogP contribution < -0.4 is 16.0 Å². The number of carbonyl (C=O) groups is 1. The summed E-state index contributed by atoms with van der Waals surface area (Å²) in [5, 5.41) is 0.205. The van der Waals surface area contributed by atoms with Crippen LogP contribution in [0.2, 0.25) is 5.02 Å². The van der Waals surface area contributed by atoms with Gasteiger partial charge in [0.15, 0.2) is 11.6 Å². The summed E-state index contributed by atoms with van der Waals surface area (Å²) in [6, 6.07) is 7.64. The maximum atomic E-state index is 13.5. The van der Waals surface area contributed by atoms with Gasteiger partial charge >= 0.3 is 0 Å². The Morgan fingerprint density at radius 2 is 2.21 bits per heavy atom. The van der Waals surface area contributed by atoms with Crippen molar-refractivity contribution in [1.29, 1.82) is 0 Å². The van der Waals surface area contributed by atoms with Gasteiger partial charge in [-0.15, -0.1) is 11.3 Å². The molecule has 0 spiro atoms. The largest absolute Gasteiger partial charge is 0.483 e. The van der Waals surface area contributed by atoms with Gasteiger partial charge in [-0.1, -0.05) is 17.7 Å². The van der Waals surface area contributed by atoms with Crippen molar-refractivity contribution in [2.75, 3.05) is 0 Å². The van der Waals surface area contributed by atoms with Crippen LogP contribution in [-0.2, 0) is 6.61 Å². The van der Waals surface area contributed by atoms with Crippen LogP contribution in [0.5, 0.6) is 5.75 Å². The van der Waals surface area contributed by atoms with Crippen LogP contribution in [0.4, 0.5) is 4.39 Å². The number of hydrogen-bond donors (Lipinski definition) is 2. The number of carbonyl (C=O) groups excluding carboxylic acids is 1. The van der Waals surface area contributed by atoms with E-state index in [2.05, 4.69) is 0 Å². The summed E-state index contributed by atoms with van der Waals surface area (Å²) in [4.78, 5) is 12.5. The molecule has 3 N–H and O–H groups in total. The molecule has 2 aromatic rings. The molecule has 1 amide bonds. The molecule has 4 nitrogen and oxygen atoms in total. The summed E-state index contributed by atoms with van der Waals surface area (Å²) in [5.41, 5.74) is 2.04. The van der Waals surface area contributed by atoms with Crippen molar-refractivity contribution in [3.05, 3.63) is 50.9 Å². The molecule has 0 aliphatic rings. The minimum Gasteiger partial charge on any atom is -0.483 e. The number of nitrogens with two attached hydrogens (primary N) is 1. The minimum atomic E-state index is -0.524. The van der Waals surface area contributed by atoms with Gasteiger partial charge in [0.2, 0.25) is 0 Å². The zero-order chi connectivity index (χ0) is 13.8. The maximum Gasteiger partial charge on any atom is 0.275 e. The monoisotopic (exact) mass is 300 g/mol. The lowest BCUT2D eigenvalue weighted by molar-refractivity contribution is 0.0957. The van der Waals surface area contributed by atoms with E-state index in [1.807, 2.05) is 5.43 Å². The van der Waals surface area contributed by atoms with Crippen LogP contribution in [0.15, 0.2) is 30.3 Å². The number of benzene rings is 1. The lowest BCUT2D eigenvalue weighted by Gasteiger charge is -2.07. The first-order valence-corrected chi connectivity index (χ1v) is 6.47. The van der Waals surface area contributed by atoms with Gasteiger partial charge in [-0.2, -0.15) is 0 Å². The van der Waals surface area contributed by atoms with Crippen LogP contribution >= 0.6 is 22.9 Å². The zero-order valence-corrected chi connectivity index (χ0v) is 11.2. The second-order valence-electron chi connectivity index (χ2n) is 3.58. The van der Waals surface area contributed by atoms with E-state index in [9.17, 15) is 9.18 Å². The van der Waals surface area contributed by atoms with Crippen molar-refractivity contribution in [2.45, 2.75) is 6.61 Å². The van der Waals surface area contributed by atoms with Gasteiger partial charge in [-0.3, -0.25) is 10.2 Å². The molecule has 1 aromatic carbocycles. The molecular weight excluding hydrogens is 291 g/mol. The lowest BCUT2D eigenvalue weighted by atomic mass is 10.3.